The molecule has 7 heterocycles. The number of halogens is 1. The third-order valence-corrected chi connectivity index (χ3v) is 15.8. The van der Waals surface area contributed by atoms with Crippen molar-refractivity contribution in [1.82, 2.24) is 34.4 Å². The molecular weight excluding hydrogens is 1050 g/mol. The molecule has 13 rings (SSSR count). The highest BCUT2D eigenvalue weighted by atomic mass is 19.1. The molecule has 0 spiro atoms. The number of amides is 2. The molecule has 6 aromatic carbocycles. The summed E-state index contributed by atoms with van der Waals surface area (Å²) < 4.78 is 43.9. The molecule has 1 fully saturated rings. The fourth-order valence-corrected chi connectivity index (χ4v) is 11.6. The number of nitrogens with one attached hydrogen (secondary N) is 3. The summed E-state index contributed by atoms with van der Waals surface area (Å²) in [6, 6.07) is 34.4. The lowest BCUT2D eigenvalue weighted by molar-refractivity contribution is -0.119. The van der Waals surface area contributed by atoms with E-state index in [4.69, 9.17) is 23.7 Å². The predicted molar refractivity (Wildman–Crippen MR) is 321 cm³/mol. The zero-order valence-corrected chi connectivity index (χ0v) is 47.1. The number of H-pyrrole nitrogens is 1. The van der Waals surface area contributed by atoms with Gasteiger partial charge in [-0.05, 0) is 129 Å². The number of aromatic nitrogens is 6. The van der Waals surface area contributed by atoms with Crippen LogP contribution in [0.5, 0.6) is 23.0 Å². The van der Waals surface area contributed by atoms with Crippen LogP contribution in [0.4, 0.5) is 38.8 Å². The van der Waals surface area contributed by atoms with Gasteiger partial charge < -0.3 is 53.7 Å². The van der Waals surface area contributed by atoms with Gasteiger partial charge in [-0.2, -0.15) is 0 Å². The van der Waals surface area contributed by atoms with Crippen molar-refractivity contribution in [3.63, 3.8) is 0 Å². The Morgan fingerprint density at radius 2 is 1.25 bits per heavy atom. The molecule has 0 atom stereocenters. The maximum atomic E-state index is 13.9. The van der Waals surface area contributed by atoms with Crippen LogP contribution in [-0.2, 0) is 40.1 Å². The Bertz CT molecular complexity index is 4080. The van der Waals surface area contributed by atoms with E-state index in [1.807, 2.05) is 96.1 Å². The fraction of sp³-hybridized carbons (Fsp3) is 0.281. The highest BCUT2D eigenvalue weighted by molar-refractivity contribution is 6.01. The van der Waals surface area contributed by atoms with Crippen LogP contribution >= 0.6 is 0 Å². The molecule has 0 aliphatic carbocycles. The number of morpholine rings is 1. The number of fused-ring (bicyclic) bond motifs is 6. The van der Waals surface area contributed by atoms with Crippen molar-refractivity contribution in [2.45, 2.75) is 46.1 Å². The molecule has 3 aliphatic heterocycles. The highest BCUT2D eigenvalue weighted by Crippen LogP contribution is 2.39. The summed E-state index contributed by atoms with van der Waals surface area (Å²) in [5.41, 5.74) is 12.1. The second-order valence-corrected chi connectivity index (χ2v) is 20.9. The number of anilines is 6. The first kappa shape index (κ1) is 54.3. The molecule has 4 aromatic heterocycles. The van der Waals surface area contributed by atoms with Crippen molar-refractivity contribution in [2.75, 3.05) is 94.3 Å². The third-order valence-electron chi connectivity index (χ3n) is 15.8. The number of carbonyl (C=O) groups excluding carboxylic acids is 2. The molecule has 3 aliphatic rings. The van der Waals surface area contributed by atoms with Crippen LogP contribution in [0.1, 0.15) is 34.5 Å². The minimum absolute atomic E-state index is 0.0304. The van der Waals surface area contributed by atoms with E-state index in [0.717, 1.165) is 147 Å². The van der Waals surface area contributed by atoms with Crippen molar-refractivity contribution in [1.29, 1.82) is 0 Å². The Kier molecular flexibility index (Phi) is 15.5. The van der Waals surface area contributed by atoms with E-state index in [2.05, 4.69) is 58.7 Å². The van der Waals surface area contributed by atoms with Crippen LogP contribution in [0, 0.1) is 19.7 Å². The standard InChI is InChI=1S/C35H38N6O4.C29H26FN5O3/c1-23-27(26-6-3-4-7-29(26)38-23)20-34(42)41-12-10-24-18-25(8-9-31(24)41)39-35-28-19-33(32(43-2)21-30(28)36-22-37-35)45-15-5-11-40-13-16-44-17-14-40;1-17-10-18-4-5-20(30)12-25(18)35(17)15-28(36)34-9-8-19-11-21(6-7-24(19)34)33-29-22-13-26(37-2)27(38-3)14-23(22)31-16-32-29/h3-4,6-9,18-19,21-22,38H,5,10-17,20H2,1-2H3,(H,36,37,39);4-7,10-14,16H,8-9,15H2,1-3H3,(H,31,32,33). The molecule has 424 valence electrons. The van der Waals surface area contributed by atoms with Crippen LogP contribution in [0.3, 0.4) is 0 Å². The average molecular weight is 1120 g/mol. The van der Waals surface area contributed by atoms with E-state index in [-0.39, 0.29) is 24.2 Å². The summed E-state index contributed by atoms with van der Waals surface area (Å²) in [5, 5.41) is 10.5. The molecule has 83 heavy (non-hydrogen) atoms. The summed E-state index contributed by atoms with van der Waals surface area (Å²) in [6.07, 6.45) is 5.87. The molecule has 0 bridgehead atoms. The lowest BCUT2D eigenvalue weighted by Gasteiger charge is -2.26. The number of para-hydroxylation sites is 1. The van der Waals surface area contributed by atoms with Gasteiger partial charge >= 0.3 is 0 Å². The number of aromatic amines is 1. The number of hydrogen-bond acceptors (Lipinski definition) is 14. The molecule has 18 nitrogen and oxygen atoms in total. The number of nitrogens with zero attached hydrogens (tertiary/aromatic N) is 8. The normalized spacial score (nSPS) is 14.0. The maximum absolute atomic E-state index is 13.9. The number of ether oxygens (including phenoxy) is 5. The Morgan fingerprint density at radius 1 is 0.651 bits per heavy atom. The monoisotopic (exact) mass is 1120 g/mol. The van der Waals surface area contributed by atoms with Gasteiger partial charge in [-0.25, -0.2) is 24.3 Å². The Labute approximate surface area is 479 Å². The Hall–Kier alpha value is -9.33. The van der Waals surface area contributed by atoms with Gasteiger partial charge in [-0.1, -0.05) is 18.2 Å². The van der Waals surface area contributed by atoms with Gasteiger partial charge in [0.2, 0.25) is 11.8 Å². The molecular formula is C64H64FN11O7. The number of rotatable bonds is 16. The SMILES string of the molecule is COc1cc2ncnc(Nc3ccc4c(c3)CCN4C(=O)Cc3c(C)[nH]c4ccccc34)c2cc1OCCCN1CCOCC1.COc1cc2ncnc(Nc3ccc4c(c3)CCN4C(=O)Cn3c(C)cc4ccc(F)cc43)c2cc1OC. The molecule has 0 radical (unpaired) electrons. The minimum atomic E-state index is -0.315. The zero-order valence-electron chi connectivity index (χ0n) is 47.1. The number of hydrogen-bond donors (Lipinski definition) is 3. The van der Waals surface area contributed by atoms with Gasteiger partial charge in [0, 0.05) is 106 Å². The van der Waals surface area contributed by atoms with Crippen LogP contribution in [0.15, 0.2) is 122 Å². The first-order valence-corrected chi connectivity index (χ1v) is 27.9. The third kappa shape index (κ3) is 11.2. The number of carbonyl (C=O) groups is 2. The molecule has 19 heteroatoms. The zero-order chi connectivity index (χ0) is 57.1. The summed E-state index contributed by atoms with van der Waals surface area (Å²) in [5.74, 6) is 3.58. The van der Waals surface area contributed by atoms with Crippen LogP contribution < -0.4 is 39.4 Å². The quantitative estimate of drug-likeness (QED) is 0.0776. The minimum Gasteiger partial charge on any atom is -0.493 e. The number of benzene rings is 6. The van der Waals surface area contributed by atoms with Crippen molar-refractivity contribution in [3.05, 3.63) is 156 Å². The average Bonchev–Trinajstić information content (AvgIpc) is 4.31. The van der Waals surface area contributed by atoms with Gasteiger partial charge in [-0.15, -0.1) is 0 Å². The lowest BCUT2D eigenvalue weighted by atomic mass is 10.1. The number of aryl methyl sites for hydroxylation is 2. The van der Waals surface area contributed by atoms with E-state index in [0.29, 0.717) is 60.8 Å². The van der Waals surface area contributed by atoms with Gasteiger partial charge in [0.05, 0.1) is 64.1 Å². The lowest BCUT2D eigenvalue weighted by Crippen LogP contribution is -2.37. The van der Waals surface area contributed by atoms with Crippen molar-refractivity contribution < 1.29 is 37.7 Å². The van der Waals surface area contributed by atoms with Crippen molar-refractivity contribution >= 4 is 89.8 Å². The van der Waals surface area contributed by atoms with Gasteiger partial charge in [0.15, 0.2) is 23.0 Å². The molecule has 3 N–H and O–H groups in total. The summed E-state index contributed by atoms with van der Waals surface area (Å²) in [6.45, 7) is 10.4. The van der Waals surface area contributed by atoms with Gasteiger partial charge in [0.25, 0.3) is 0 Å². The van der Waals surface area contributed by atoms with Crippen LogP contribution in [-0.4, -0.2) is 120 Å². The molecule has 2 amide bonds. The van der Waals surface area contributed by atoms with Crippen LogP contribution in [0.25, 0.3) is 43.6 Å². The second kappa shape index (κ2) is 23.6. The second-order valence-electron chi connectivity index (χ2n) is 20.9. The Morgan fingerprint density at radius 3 is 1.90 bits per heavy atom. The van der Waals surface area contributed by atoms with Gasteiger partial charge in [0.1, 0.15) is 36.7 Å². The van der Waals surface area contributed by atoms with E-state index in [1.165, 1.54) is 18.5 Å². The first-order chi connectivity index (χ1) is 40.5. The smallest absolute Gasteiger partial charge is 0.246 e. The topological polar surface area (TPSA) is 186 Å². The first-order valence-electron chi connectivity index (χ1n) is 27.9. The van der Waals surface area contributed by atoms with E-state index in [1.54, 1.807) is 38.6 Å². The van der Waals surface area contributed by atoms with Crippen LogP contribution in [0.2, 0.25) is 0 Å². The number of methoxy groups -OCH3 is 3. The summed E-state index contributed by atoms with van der Waals surface area (Å²) >= 11 is 0. The molecule has 0 saturated carbocycles. The maximum Gasteiger partial charge on any atom is 0.246 e. The molecule has 10 aromatic rings. The summed E-state index contributed by atoms with van der Waals surface area (Å²) in [7, 11) is 4.82. The van der Waals surface area contributed by atoms with E-state index >= 15 is 0 Å². The van der Waals surface area contributed by atoms with E-state index in [9.17, 15) is 14.0 Å². The Balaban J connectivity index is 0.000000166. The fourth-order valence-electron chi connectivity index (χ4n) is 11.6. The predicted octanol–water partition coefficient (Wildman–Crippen LogP) is 10.8. The van der Waals surface area contributed by atoms with E-state index < -0.39 is 0 Å². The summed E-state index contributed by atoms with van der Waals surface area (Å²) in [4.78, 5) is 54.2. The van der Waals surface area contributed by atoms with Crippen molar-refractivity contribution in [3.8, 4) is 23.0 Å². The molecule has 1 saturated heterocycles. The van der Waals surface area contributed by atoms with Crippen molar-refractivity contribution in [2.24, 2.45) is 0 Å². The largest absolute Gasteiger partial charge is 0.493 e. The highest BCUT2D eigenvalue weighted by Gasteiger charge is 2.28. The van der Waals surface area contributed by atoms with Gasteiger partial charge in [-0.3, -0.25) is 14.5 Å². The molecule has 0 unspecified atom stereocenters.